The molecule has 0 aliphatic rings. The summed E-state index contributed by atoms with van der Waals surface area (Å²) in [5.41, 5.74) is -0.486. The number of carbonyl (C=O) groups excluding carboxylic acids is 1. The summed E-state index contributed by atoms with van der Waals surface area (Å²) in [5.74, 6) is 1.54. The van der Waals surface area contributed by atoms with Gasteiger partial charge in [-0.2, -0.15) is 0 Å². The molecule has 0 aliphatic carbocycles. The largest absolute Gasteiger partial charge is 0.467 e. The number of halogens is 1. The first-order valence-electron chi connectivity index (χ1n) is 8.73. The quantitative estimate of drug-likeness (QED) is 0.354. The lowest BCUT2D eigenvalue weighted by Gasteiger charge is -2.28. The fourth-order valence-corrected chi connectivity index (χ4v) is 2.01. The maximum atomic E-state index is 12.1. The van der Waals surface area contributed by atoms with E-state index in [2.05, 4.69) is 15.6 Å². The maximum absolute atomic E-state index is 12.1. The molecular weight excluding hydrogens is 447 g/mol. The molecule has 0 saturated carbocycles. The third kappa shape index (κ3) is 9.88. The van der Waals surface area contributed by atoms with Crippen molar-refractivity contribution in [3.05, 3.63) is 24.2 Å². The van der Waals surface area contributed by atoms with Crippen molar-refractivity contribution in [1.82, 2.24) is 15.5 Å². The molecule has 1 rings (SSSR count). The zero-order valence-corrected chi connectivity index (χ0v) is 19.0. The van der Waals surface area contributed by atoms with Gasteiger partial charge in [-0.15, -0.1) is 24.0 Å². The average molecular weight is 480 g/mol. The Bertz CT molecular complexity index is 541. The molecule has 0 aliphatic heterocycles. The van der Waals surface area contributed by atoms with Crippen LogP contribution >= 0.6 is 24.0 Å². The monoisotopic (exact) mass is 480 g/mol. The second kappa shape index (κ2) is 12.0. The van der Waals surface area contributed by atoms with Crippen LogP contribution in [-0.2, 0) is 11.3 Å². The van der Waals surface area contributed by atoms with Crippen LogP contribution in [0.15, 0.2) is 27.8 Å². The summed E-state index contributed by atoms with van der Waals surface area (Å²) in [6.07, 6.45) is 2.11. The molecule has 1 atom stereocenters. The van der Waals surface area contributed by atoms with Crippen LogP contribution in [0.3, 0.4) is 0 Å². The molecule has 0 fully saturated rings. The molecule has 0 radical (unpaired) electrons. The van der Waals surface area contributed by atoms with E-state index in [1.807, 2.05) is 46.8 Å². The molecule has 0 spiro atoms. The SMILES string of the molecule is CCNC(=NCc1ccco1)NCCC(C)N(C)C(=O)OC(C)(C)C.I. The predicted octanol–water partition coefficient (Wildman–Crippen LogP) is 3.60. The molecule has 0 bridgehead atoms. The normalized spacial score (nSPS) is 12.8. The van der Waals surface area contributed by atoms with Gasteiger partial charge in [0.2, 0.25) is 0 Å². The molecule has 7 nitrogen and oxygen atoms in total. The first-order chi connectivity index (χ1) is 11.7. The van der Waals surface area contributed by atoms with Crippen LogP contribution in [0.1, 0.15) is 46.8 Å². The van der Waals surface area contributed by atoms with Gasteiger partial charge < -0.3 is 24.7 Å². The van der Waals surface area contributed by atoms with E-state index in [0.717, 1.165) is 24.7 Å². The molecule has 1 amide bonds. The number of hydrogen-bond donors (Lipinski definition) is 2. The van der Waals surface area contributed by atoms with Gasteiger partial charge in [-0.1, -0.05) is 0 Å². The van der Waals surface area contributed by atoms with Crippen molar-refractivity contribution in [3.8, 4) is 0 Å². The molecule has 26 heavy (non-hydrogen) atoms. The van der Waals surface area contributed by atoms with E-state index in [1.54, 1.807) is 18.2 Å². The van der Waals surface area contributed by atoms with Crippen molar-refractivity contribution in [2.45, 2.75) is 59.2 Å². The zero-order chi connectivity index (χ0) is 18.9. The summed E-state index contributed by atoms with van der Waals surface area (Å²) >= 11 is 0. The summed E-state index contributed by atoms with van der Waals surface area (Å²) in [6.45, 7) is 11.6. The standard InChI is InChI=1S/C18H32N4O3.HI/c1-7-19-16(21-13-15-9-8-12-24-15)20-11-10-14(2)22(6)17(23)25-18(3,4)5;/h8-9,12,14H,7,10-11,13H2,1-6H3,(H2,19,20,21);1H. The van der Waals surface area contributed by atoms with Gasteiger partial charge in [0.25, 0.3) is 0 Å². The lowest BCUT2D eigenvalue weighted by atomic mass is 10.2. The number of nitrogens with zero attached hydrogens (tertiary/aromatic N) is 2. The summed E-state index contributed by atoms with van der Waals surface area (Å²) in [4.78, 5) is 18.2. The van der Waals surface area contributed by atoms with Gasteiger partial charge in [-0.25, -0.2) is 9.79 Å². The van der Waals surface area contributed by atoms with Gasteiger partial charge in [0.05, 0.1) is 6.26 Å². The van der Waals surface area contributed by atoms with Gasteiger partial charge in [0.1, 0.15) is 17.9 Å². The van der Waals surface area contributed by atoms with E-state index in [0.29, 0.717) is 13.1 Å². The second-order valence-corrected chi connectivity index (χ2v) is 6.93. The summed E-state index contributed by atoms with van der Waals surface area (Å²) < 4.78 is 10.7. The lowest BCUT2D eigenvalue weighted by Crippen LogP contribution is -2.42. The molecule has 0 saturated heterocycles. The van der Waals surface area contributed by atoms with Crippen molar-refractivity contribution in [3.63, 3.8) is 0 Å². The Balaban J connectivity index is 0.00000625. The van der Waals surface area contributed by atoms with Gasteiger partial charge in [-0.05, 0) is 53.2 Å². The smallest absolute Gasteiger partial charge is 0.410 e. The fraction of sp³-hybridized carbons (Fsp3) is 0.667. The molecule has 1 aromatic rings. The Morgan fingerprint density at radius 1 is 1.38 bits per heavy atom. The fourth-order valence-electron chi connectivity index (χ4n) is 2.01. The summed E-state index contributed by atoms with van der Waals surface area (Å²) in [6, 6.07) is 3.79. The minimum atomic E-state index is -0.486. The minimum Gasteiger partial charge on any atom is -0.467 e. The highest BCUT2D eigenvalue weighted by Gasteiger charge is 2.22. The van der Waals surface area contributed by atoms with Gasteiger partial charge in [0, 0.05) is 26.2 Å². The van der Waals surface area contributed by atoms with E-state index in [4.69, 9.17) is 9.15 Å². The van der Waals surface area contributed by atoms with Crippen molar-refractivity contribution in [1.29, 1.82) is 0 Å². The Kier molecular flexibility index (Phi) is 11.4. The van der Waals surface area contributed by atoms with Crippen molar-refractivity contribution >= 4 is 36.0 Å². The number of amides is 1. The van der Waals surface area contributed by atoms with Crippen LogP contribution in [0.5, 0.6) is 0 Å². The topological polar surface area (TPSA) is 79.1 Å². The lowest BCUT2D eigenvalue weighted by molar-refractivity contribution is 0.0230. The van der Waals surface area contributed by atoms with Crippen LogP contribution in [-0.4, -0.2) is 48.7 Å². The van der Waals surface area contributed by atoms with E-state index >= 15 is 0 Å². The molecule has 2 N–H and O–H groups in total. The number of ether oxygens (including phenoxy) is 1. The molecule has 1 heterocycles. The van der Waals surface area contributed by atoms with E-state index in [-0.39, 0.29) is 36.1 Å². The van der Waals surface area contributed by atoms with Crippen LogP contribution in [0, 0.1) is 0 Å². The highest BCUT2D eigenvalue weighted by Crippen LogP contribution is 2.11. The molecule has 150 valence electrons. The van der Waals surface area contributed by atoms with E-state index in [1.165, 1.54) is 0 Å². The first-order valence-corrected chi connectivity index (χ1v) is 8.73. The van der Waals surface area contributed by atoms with Gasteiger partial charge >= 0.3 is 6.09 Å². The number of rotatable bonds is 7. The number of nitrogens with one attached hydrogen (secondary N) is 2. The van der Waals surface area contributed by atoms with E-state index < -0.39 is 5.60 Å². The van der Waals surface area contributed by atoms with Gasteiger partial charge in [-0.3, -0.25) is 0 Å². The maximum Gasteiger partial charge on any atom is 0.410 e. The third-order valence-corrected chi connectivity index (χ3v) is 3.51. The minimum absolute atomic E-state index is 0. The van der Waals surface area contributed by atoms with Crippen LogP contribution in [0.2, 0.25) is 0 Å². The molecule has 8 heteroatoms. The second-order valence-electron chi connectivity index (χ2n) is 6.93. The van der Waals surface area contributed by atoms with Gasteiger partial charge in [0.15, 0.2) is 5.96 Å². The van der Waals surface area contributed by atoms with Crippen molar-refractivity contribution in [2.24, 2.45) is 4.99 Å². The van der Waals surface area contributed by atoms with Crippen LogP contribution in [0.4, 0.5) is 4.79 Å². The number of hydrogen-bond acceptors (Lipinski definition) is 4. The first kappa shape index (κ1) is 24.6. The van der Waals surface area contributed by atoms with E-state index in [9.17, 15) is 4.79 Å². The Morgan fingerprint density at radius 2 is 2.08 bits per heavy atom. The number of carbonyl (C=O) groups is 1. The van der Waals surface area contributed by atoms with Crippen LogP contribution in [0.25, 0.3) is 0 Å². The molecule has 0 aromatic carbocycles. The third-order valence-electron chi connectivity index (χ3n) is 3.51. The van der Waals surface area contributed by atoms with Crippen molar-refractivity contribution < 1.29 is 13.9 Å². The van der Waals surface area contributed by atoms with Crippen molar-refractivity contribution in [2.75, 3.05) is 20.1 Å². The Hall–Kier alpha value is -1.45. The van der Waals surface area contributed by atoms with Crippen LogP contribution < -0.4 is 10.6 Å². The highest BCUT2D eigenvalue weighted by molar-refractivity contribution is 14.0. The number of guanidine groups is 1. The Labute approximate surface area is 174 Å². The molecular formula is C18H33IN4O3. The summed E-state index contributed by atoms with van der Waals surface area (Å²) in [5, 5.41) is 6.47. The Morgan fingerprint density at radius 3 is 2.62 bits per heavy atom. The number of aliphatic imine (C=N–C) groups is 1. The average Bonchev–Trinajstić information content (AvgIpc) is 3.03. The predicted molar refractivity (Wildman–Crippen MR) is 115 cm³/mol. The number of furan rings is 1. The zero-order valence-electron chi connectivity index (χ0n) is 16.7. The molecule has 1 aromatic heterocycles. The highest BCUT2D eigenvalue weighted by atomic mass is 127. The summed E-state index contributed by atoms with van der Waals surface area (Å²) in [7, 11) is 1.76. The molecule has 1 unspecified atom stereocenters.